The van der Waals surface area contributed by atoms with Crippen LogP contribution in [0.2, 0.25) is 0 Å². The molecule has 0 bridgehead atoms. The first-order valence-electron chi connectivity index (χ1n) is 6.82. The molecule has 0 aliphatic carbocycles. The molecule has 2 rings (SSSR count). The van der Waals surface area contributed by atoms with E-state index in [1.165, 1.54) is 0 Å². The molecule has 0 spiro atoms. The number of aromatic amines is 2. The average Bonchev–Trinajstić information content (AvgIpc) is 2.97. The van der Waals surface area contributed by atoms with Crippen LogP contribution in [0.15, 0.2) is 6.20 Å². The van der Waals surface area contributed by atoms with Crippen LogP contribution >= 0.6 is 0 Å². The van der Waals surface area contributed by atoms with Crippen LogP contribution in [0.4, 0.5) is 0 Å². The standard InChI is InChI=1S/C14H21N5O/c1-5-12(14-15-7-8(2)16-14)17-13(20)6-11-9(3)18-19-10(11)4/h7,12H,5-6H2,1-4H3,(H,15,16)(H,17,20)(H,18,19)/t12-/m0/s1. The number of amides is 1. The molecule has 1 amide bonds. The molecule has 20 heavy (non-hydrogen) atoms. The minimum Gasteiger partial charge on any atom is -0.346 e. The maximum atomic E-state index is 12.2. The van der Waals surface area contributed by atoms with Crippen molar-refractivity contribution in [3.05, 3.63) is 34.7 Å². The Labute approximate surface area is 118 Å². The summed E-state index contributed by atoms with van der Waals surface area (Å²) in [5, 5.41) is 10.0. The molecule has 0 fully saturated rings. The van der Waals surface area contributed by atoms with E-state index in [9.17, 15) is 4.79 Å². The number of aryl methyl sites for hydroxylation is 3. The number of carbonyl (C=O) groups is 1. The lowest BCUT2D eigenvalue weighted by Crippen LogP contribution is -2.30. The molecule has 0 radical (unpaired) electrons. The van der Waals surface area contributed by atoms with Gasteiger partial charge in [-0.05, 0) is 27.2 Å². The number of carbonyl (C=O) groups excluding carboxylic acids is 1. The van der Waals surface area contributed by atoms with E-state index < -0.39 is 0 Å². The zero-order valence-corrected chi connectivity index (χ0v) is 12.4. The van der Waals surface area contributed by atoms with Crippen LogP contribution in [-0.2, 0) is 11.2 Å². The topological polar surface area (TPSA) is 86.5 Å². The first-order valence-corrected chi connectivity index (χ1v) is 6.82. The summed E-state index contributed by atoms with van der Waals surface area (Å²) >= 11 is 0. The molecule has 0 saturated carbocycles. The van der Waals surface area contributed by atoms with Gasteiger partial charge in [-0.15, -0.1) is 0 Å². The summed E-state index contributed by atoms with van der Waals surface area (Å²) in [5.74, 6) is 0.789. The van der Waals surface area contributed by atoms with Gasteiger partial charge in [0.05, 0.1) is 18.2 Å². The third-order valence-corrected chi connectivity index (χ3v) is 3.41. The predicted molar refractivity (Wildman–Crippen MR) is 76.3 cm³/mol. The number of rotatable bonds is 5. The Kier molecular flexibility index (Phi) is 4.22. The van der Waals surface area contributed by atoms with Gasteiger partial charge >= 0.3 is 0 Å². The summed E-state index contributed by atoms with van der Waals surface area (Å²) in [5.41, 5.74) is 3.78. The number of hydrogen-bond acceptors (Lipinski definition) is 3. The van der Waals surface area contributed by atoms with Crippen molar-refractivity contribution in [2.24, 2.45) is 0 Å². The number of aromatic nitrogens is 4. The van der Waals surface area contributed by atoms with E-state index in [0.29, 0.717) is 6.42 Å². The minimum atomic E-state index is -0.0799. The summed E-state index contributed by atoms with van der Waals surface area (Å²) in [6.07, 6.45) is 2.90. The normalized spacial score (nSPS) is 12.4. The lowest BCUT2D eigenvalue weighted by atomic mass is 10.1. The fourth-order valence-electron chi connectivity index (χ4n) is 2.21. The highest BCUT2D eigenvalue weighted by molar-refractivity contribution is 5.79. The second-order valence-corrected chi connectivity index (χ2v) is 5.07. The number of H-pyrrole nitrogens is 2. The number of hydrogen-bond donors (Lipinski definition) is 3. The van der Waals surface area contributed by atoms with Gasteiger partial charge < -0.3 is 10.3 Å². The highest BCUT2D eigenvalue weighted by Crippen LogP contribution is 2.15. The maximum Gasteiger partial charge on any atom is 0.225 e. The van der Waals surface area contributed by atoms with Crippen molar-refractivity contribution in [1.82, 2.24) is 25.5 Å². The molecular formula is C14H21N5O. The molecule has 108 valence electrons. The van der Waals surface area contributed by atoms with Crippen molar-refractivity contribution in [3.63, 3.8) is 0 Å². The van der Waals surface area contributed by atoms with E-state index in [-0.39, 0.29) is 11.9 Å². The van der Waals surface area contributed by atoms with Crippen molar-refractivity contribution >= 4 is 5.91 Å². The third kappa shape index (κ3) is 3.07. The molecule has 0 unspecified atom stereocenters. The fourth-order valence-corrected chi connectivity index (χ4v) is 2.21. The Morgan fingerprint density at radius 1 is 1.40 bits per heavy atom. The SMILES string of the molecule is CC[C@H](NC(=O)Cc1c(C)n[nH]c1C)c1ncc(C)[nH]1. The molecule has 0 saturated heterocycles. The predicted octanol–water partition coefficient (Wildman–Crippen LogP) is 1.87. The lowest BCUT2D eigenvalue weighted by molar-refractivity contribution is -0.121. The smallest absolute Gasteiger partial charge is 0.225 e. The molecule has 0 aliphatic rings. The summed E-state index contributed by atoms with van der Waals surface area (Å²) in [6, 6.07) is -0.0799. The maximum absolute atomic E-state index is 12.2. The molecular weight excluding hydrogens is 254 g/mol. The summed E-state index contributed by atoms with van der Waals surface area (Å²) in [7, 11) is 0. The first-order chi connectivity index (χ1) is 9.51. The van der Waals surface area contributed by atoms with Crippen LogP contribution in [0.3, 0.4) is 0 Å². The van der Waals surface area contributed by atoms with E-state index in [1.54, 1.807) is 6.20 Å². The monoisotopic (exact) mass is 275 g/mol. The average molecular weight is 275 g/mol. The van der Waals surface area contributed by atoms with Crippen molar-refractivity contribution < 1.29 is 4.79 Å². The Balaban J connectivity index is 2.03. The number of nitrogens with one attached hydrogen (secondary N) is 3. The first kappa shape index (κ1) is 14.3. The Morgan fingerprint density at radius 2 is 2.15 bits per heavy atom. The van der Waals surface area contributed by atoms with Crippen molar-refractivity contribution in [1.29, 1.82) is 0 Å². The van der Waals surface area contributed by atoms with Crippen molar-refractivity contribution in [2.45, 2.75) is 46.6 Å². The van der Waals surface area contributed by atoms with Crippen LogP contribution in [-0.4, -0.2) is 26.1 Å². The summed E-state index contributed by atoms with van der Waals surface area (Å²) in [4.78, 5) is 19.6. The second kappa shape index (κ2) is 5.90. The molecule has 1 atom stereocenters. The quantitative estimate of drug-likeness (QED) is 0.778. The number of imidazole rings is 1. The van der Waals surface area contributed by atoms with Crippen molar-refractivity contribution in [2.75, 3.05) is 0 Å². The zero-order valence-electron chi connectivity index (χ0n) is 12.4. The van der Waals surface area contributed by atoms with E-state index in [1.807, 2.05) is 27.7 Å². The van der Waals surface area contributed by atoms with Gasteiger partial charge in [0.1, 0.15) is 5.82 Å². The zero-order chi connectivity index (χ0) is 14.7. The van der Waals surface area contributed by atoms with Gasteiger partial charge in [0.25, 0.3) is 0 Å². The molecule has 6 heteroatoms. The third-order valence-electron chi connectivity index (χ3n) is 3.41. The van der Waals surface area contributed by atoms with Crippen LogP contribution in [0.5, 0.6) is 0 Å². The molecule has 2 aromatic heterocycles. The fraction of sp³-hybridized carbons (Fsp3) is 0.500. The van der Waals surface area contributed by atoms with E-state index in [0.717, 1.165) is 34.9 Å². The Hall–Kier alpha value is -2.11. The van der Waals surface area contributed by atoms with Crippen LogP contribution in [0.1, 0.15) is 47.9 Å². The van der Waals surface area contributed by atoms with E-state index >= 15 is 0 Å². The molecule has 6 nitrogen and oxygen atoms in total. The van der Waals surface area contributed by atoms with Crippen LogP contribution in [0, 0.1) is 20.8 Å². The van der Waals surface area contributed by atoms with Gasteiger partial charge in [-0.1, -0.05) is 6.92 Å². The molecule has 3 N–H and O–H groups in total. The largest absolute Gasteiger partial charge is 0.346 e. The molecule has 2 aromatic rings. The molecule has 0 aromatic carbocycles. The van der Waals surface area contributed by atoms with Crippen molar-refractivity contribution in [3.8, 4) is 0 Å². The van der Waals surface area contributed by atoms with Gasteiger partial charge in [-0.25, -0.2) is 4.98 Å². The van der Waals surface area contributed by atoms with Gasteiger partial charge in [0.2, 0.25) is 5.91 Å². The highest BCUT2D eigenvalue weighted by atomic mass is 16.1. The molecule has 0 aliphatic heterocycles. The Bertz CT molecular complexity index is 579. The Morgan fingerprint density at radius 3 is 2.65 bits per heavy atom. The second-order valence-electron chi connectivity index (χ2n) is 5.07. The number of nitrogens with zero attached hydrogens (tertiary/aromatic N) is 2. The highest BCUT2D eigenvalue weighted by Gasteiger charge is 2.17. The molecule has 2 heterocycles. The lowest BCUT2D eigenvalue weighted by Gasteiger charge is -2.14. The van der Waals surface area contributed by atoms with Gasteiger partial charge in [-0.3, -0.25) is 9.89 Å². The van der Waals surface area contributed by atoms with Crippen LogP contribution < -0.4 is 5.32 Å². The summed E-state index contributed by atoms with van der Waals surface area (Å²) in [6.45, 7) is 7.80. The summed E-state index contributed by atoms with van der Waals surface area (Å²) < 4.78 is 0. The van der Waals surface area contributed by atoms with E-state index in [4.69, 9.17) is 0 Å². The van der Waals surface area contributed by atoms with Gasteiger partial charge in [0, 0.05) is 23.1 Å². The minimum absolute atomic E-state index is 0.0153. The van der Waals surface area contributed by atoms with Crippen LogP contribution in [0.25, 0.3) is 0 Å². The van der Waals surface area contributed by atoms with Gasteiger partial charge in [-0.2, -0.15) is 5.10 Å². The van der Waals surface area contributed by atoms with E-state index in [2.05, 4.69) is 25.5 Å². The van der Waals surface area contributed by atoms with Gasteiger partial charge in [0.15, 0.2) is 0 Å².